The lowest BCUT2D eigenvalue weighted by molar-refractivity contribution is 0.240. The summed E-state index contributed by atoms with van der Waals surface area (Å²) in [6.07, 6.45) is 2.26. The van der Waals surface area contributed by atoms with Gasteiger partial charge in [-0.05, 0) is 44.2 Å². The van der Waals surface area contributed by atoms with E-state index in [-0.39, 0.29) is 11.0 Å². The van der Waals surface area contributed by atoms with Crippen LogP contribution >= 0.6 is 11.3 Å². The zero-order valence-corrected chi connectivity index (χ0v) is 19.7. The molecule has 1 aliphatic rings. The van der Waals surface area contributed by atoms with Crippen molar-refractivity contribution >= 4 is 27.2 Å². The third kappa shape index (κ3) is 5.44. The summed E-state index contributed by atoms with van der Waals surface area (Å²) in [5.41, 5.74) is 2.53. The van der Waals surface area contributed by atoms with Gasteiger partial charge in [-0.3, -0.25) is 0 Å². The van der Waals surface area contributed by atoms with Crippen LogP contribution in [0.4, 0.5) is 5.82 Å². The molecule has 0 saturated carbocycles. The van der Waals surface area contributed by atoms with Gasteiger partial charge in [0.25, 0.3) is 0 Å². The van der Waals surface area contributed by atoms with Gasteiger partial charge in [0.05, 0.1) is 21.7 Å². The highest BCUT2D eigenvalue weighted by atomic mass is 32.2. The van der Waals surface area contributed by atoms with Crippen molar-refractivity contribution in [2.75, 3.05) is 31.1 Å². The molecule has 0 spiro atoms. The number of pyridine rings is 1. The number of anilines is 1. The van der Waals surface area contributed by atoms with E-state index in [4.69, 9.17) is 14.9 Å². The monoisotopic (exact) mass is 473 g/mol. The summed E-state index contributed by atoms with van der Waals surface area (Å²) < 4.78 is 29.5. The first-order chi connectivity index (χ1) is 15.3. The van der Waals surface area contributed by atoms with E-state index < -0.39 is 10.0 Å². The fraction of sp³-hybridized carbons (Fsp3) is 0.364. The minimum Gasteiger partial charge on any atom is -0.491 e. The lowest BCUT2D eigenvalue weighted by Crippen LogP contribution is -2.43. The molecule has 10 heteroatoms. The molecular formula is C22H27N5O3S2. The number of piperazine rings is 1. The number of sulfonamides is 1. The van der Waals surface area contributed by atoms with E-state index in [0.29, 0.717) is 12.2 Å². The largest absolute Gasteiger partial charge is 0.491 e. The van der Waals surface area contributed by atoms with Crippen molar-refractivity contribution in [1.29, 1.82) is 0 Å². The molecule has 3 heterocycles. The van der Waals surface area contributed by atoms with Crippen molar-refractivity contribution in [3.8, 4) is 17.0 Å². The SMILES string of the molecule is CC(C)Oc1ccc(S(N)(=O)=O)cc1Cc1nc(-c2ccc(N3CCNCC3)nc2)cs1. The Balaban J connectivity index is 1.55. The van der Waals surface area contributed by atoms with Crippen LogP contribution in [0.15, 0.2) is 46.8 Å². The lowest BCUT2D eigenvalue weighted by Gasteiger charge is -2.28. The second-order valence-electron chi connectivity index (χ2n) is 7.93. The average molecular weight is 474 g/mol. The van der Waals surface area contributed by atoms with Crippen LogP contribution < -0.4 is 20.1 Å². The number of rotatable bonds is 7. The molecule has 1 fully saturated rings. The normalized spacial score (nSPS) is 14.7. The van der Waals surface area contributed by atoms with Crippen LogP contribution in [0, 0.1) is 0 Å². The van der Waals surface area contributed by atoms with Crippen LogP contribution in [0.3, 0.4) is 0 Å². The topological polar surface area (TPSA) is 110 Å². The maximum atomic E-state index is 11.8. The maximum absolute atomic E-state index is 11.8. The second-order valence-corrected chi connectivity index (χ2v) is 10.4. The summed E-state index contributed by atoms with van der Waals surface area (Å²) in [6, 6.07) is 8.76. The smallest absolute Gasteiger partial charge is 0.238 e. The Morgan fingerprint density at radius 2 is 2.00 bits per heavy atom. The Bertz CT molecular complexity index is 1170. The number of aromatic nitrogens is 2. The summed E-state index contributed by atoms with van der Waals surface area (Å²) >= 11 is 1.52. The van der Waals surface area contributed by atoms with Crippen molar-refractivity contribution in [3.05, 3.63) is 52.5 Å². The Hall–Kier alpha value is -2.53. The Kier molecular flexibility index (Phi) is 6.75. The van der Waals surface area contributed by atoms with Gasteiger partial charge in [-0.1, -0.05) is 0 Å². The molecule has 0 atom stereocenters. The third-order valence-corrected chi connectivity index (χ3v) is 6.86. The van der Waals surface area contributed by atoms with E-state index in [0.717, 1.165) is 53.8 Å². The highest BCUT2D eigenvalue weighted by Gasteiger charge is 2.16. The van der Waals surface area contributed by atoms with Crippen LogP contribution in [0.2, 0.25) is 0 Å². The molecule has 1 aliphatic heterocycles. The van der Waals surface area contributed by atoms with Crippen molar-refractivity contribution < 1.29 is 13.2 Å². The summed E-state index contributed by atoms with van der Waals surface area (Å²) in [5.74, 6) is 1.60. The molecule has 3 aromatic rings. The summed E-state index contributed by atoms with van der Waals surface area (Å²) in [6.45, 7) is 7.69. The van der Waals surface area contributed by atoms with Crippen molar-refractivity contribution in [3.63, 3.8) is 0 Å². The van der Waals surface area contributed by atoms with Gasteiger partial charge in [-0.15, -0.1) is 11.3 Å². The standard InChI is InChI=1S/C22H27N5O3S2/c1-15(2)30-20-5-4-18(32(23,28)29)11-17(20)12-22-26-19(14-31-22)16-3-6-21(25-13-16)27-9-7-24-8-10-27/h3-6,11,13-15,24H,7-10,12H2,1-2H3,(H2,23,28,29). The molecule has 0 amide bonds. The third-order valence-electron chi connectivity index (χ3n) is 5.10. The first-order valence-corrected chi connectivity index (χ1v) is 12.9. The van der Waals surface area contributed by atoms with Gasteiger partial charge in [0.2, 0.25) is 10.0 Å². The highest BCUT2D eigenvalue weighted by Crippen LogP contribution is 2.29. The predicted molar refractivity (Wildman–Crippen MR) is 127 cm³/mol. The number of hydrogen-bond donors (Lipinski definition) is 2. The second kappa shape index (κ2) is 9.53. The minimum atomic E-state index is -3.80. The molecule has 1 saturated heterocycles. The van der Waals surface area contributed by atoms with E-state index >= 15 is 0 Å². The number of nitrogens with one attached hydrogen (secondary N) is 1. The molecule has 1 aromatic carbocycles. The molecule has 0 radical (unpaired) electrons. The van der Waals surface area contributed by atoms with E-state index in [9.17, 15) is 8.42 Å². The molecule has 4 rings (SSSR count). The number of nitrogens with two attached hydrogens (primary N) is 1. The van der Waals surface area contributed by atoms with Gasteiger partial charge < -0.3 is 15.0 Å². The van der Waals surface area contributed by atoms with E-state index in [2.05, 4.69) is 15.2 Å². The Morgan fingerprint density at radius 3 is 2.66 bits per heavy atom. The van der Waals surface area contributed by atoms with Gasteiger partial charge in [0.1, 0.15) is 11.6 Å². The molecule has 0 bridgehead atoms. The number of hydrogen-bond acceptors (Lipinski definition) is 8. The summed E-state index contributed by atoms with van der Waals surface area (Å²) in [4.78, 5) is 11.7. The van der Waals surface area contributed by atoms with Crippen LogP contribution in [-0.4, -0.2) is 50.7 Å². The Labute approximate surface area is 192 Å². The van der Waals surface area contributed by atoms with E-state index in [1.54, 1.807) is 12.1 Å². The fourth-order valence-electron chi connectivity index (χ4n) is 3.55. The quantitative estimate of drug-likeness (QED) is 0.543. The highest BCUT2D eigenvalue weighted by molar-refractivity contribution is 7.89. The van der Waals surface area contributed by atoms with Gasteiger partial charge >= 0.3 is 0 Å². The van der Waals surface area contributed by atoms with Crippen LogP contribution in [0.5, 0.6) is 5.75 Å². The zero-order valence-electron chi connectivity index (χ0n) is 18.1. The van der Waals surface area contributed by atoms with Crippen molar-refractivity contribution in [1.82, 2.24) is 15.3 Å². The van der Waals surface area contributed by atoms with Crippen LogP contribution in [0.1, 0.15) is 24.4 Å². The summed E-state index contributed by atoms with van der Waals surface area (Å²) in [7, 11) is -3.80. The summed E-state index contributed by atoms with van der Waals surface area (Å²) in [5, 5.41) is 11.5. The average Bonchev–Trinajstić information content (AvgIpc) is 3.23. The van der Waals surface area contributed by atoms with Crippen molar-refractivity contribution in [2.45, 2.75) is 31.3 Å². The molecule has 2 aromatic heterocycles. The van der Waals surface area contributed by atoms with E-state index in [1.165, 1.54) is 17.4 Å². The number of nitrogens with zero attached hydrogens (tertiary/aromatic N) is 3. The molecule has 3 N–H and O–H groups in total. The van der Waals surface area contributed by atoms with Gasteiger partial charge in [0, 0.05) is 55.3 Å². The number of primary sulfonamides is 1. The van der Waals surface area contributed by atoms with Gasteiger partial charge in [-0.25, -0.2) is 23.5 Å². The van der Waals surface area contributed by atoms with Crippen molar-refractivity contribution in [2.24, 2.45) is 5.14 Å². The lowest BCUT2D eigenvalue weighted by atomic mass is 10.1. The fourth-order valence-corrected chi connectivity index (χ4v) is 4.94. The molecule has 0 aliphatic carbocycles. The molecule has 32 heavy (non-hydrogen) atoms. The minimum absolute atomic E-state index is 0.0405. The number of benzene rings is 1. The first-order valence-electron chi connectivity index (χ1n) is 10.5. The first kappa shape index (κ1) is 22.7. The van der Waals surface area contributed by atoms with Crippen LogP contribution in [-0.2, 0) is 16.4 Å². The Morgan fingerprint density at radius 1 is 1.22 bits per heavy atom. The number of thiazole rings is 1. The maximum Gasteiger partial charge on any atom is 0.238 e. The zero-order chi connectivity index (χ0) is 22.7. The van der Waals surface area contributed by atoms with Gasteiger partial charge in [0.15, 0.2) is 0 Å². The van der Waals surface area contributed by atoms with Gasteiger partial charge in [-0.2, -0.15) is 0 Å². The van der Waals surface area contributed by atoms with Crippen LogP contribution in [0.25, 0.3) is 11.3 Å². The van der Waals surface area contributed by atoms with E-state index in [1.807, 2.05) is 37.6 Å². The molecule has 170 valence electrons. The molecular weight excluding hydrogens is 446 g/mol. The number of ether oxygens (including phenoxy) is 1. The molecule has 0 unspecified atom stereocenters. The molecule has 8 nitrogen and oxygen atoms in total. The predicted octanol–water partition coefficient (Wildman–Crippen LogP) is 2.64.